The molecule has 0 radical (unpaired) electrons. The molecule has 1 amide bonds. The summed E-state index contributed by atoms with van der Waals surface area (Å²) in [4.78, 5) is 13.2. The van der Waals surface area contributed by atoms with E-state index in [0.29, 0.717) is 12.3 Å². The van der Waals surface area contributed by atoms with Crippen molar-refractivity contribution in [2.45, 2.75) is 53.1 Å². The maximum atomic E-state index is 13.2. The first-order valence-corrected chi connectivity index (χ1v) is 10.3. The summed E-state index contributed by atoms with van der Waals surface area (Å²) in [6.07, 6.45) is 0.324. The van der Waals surface area contributed by atoms with Gasteiger partial charge in [0.25, 0.3) is 0 Å². The highest BCUT2D eigenvalue weighted by molar-refractivity contribution is 5.80. The van der Waals surface area contributed by atoms with Gasteiger partial charge in [-0.2, -0.15) is 5.10 Å². The first-order chi connectivity index (χ1) is 13.8. The van der Waals surface area contributed by atoms with Gasteiger partial charge in [0.05, 0.1) is 17.7 Å². The lowest BCUT2D eigenvalue weighted by Gasteiger charge is -2.32. The standard InChI is InChI=1S/C25H31N3O/c1-18(2)17-28-20(4)23(19(3)27-28)16-24(29)26-25(5,21-12-8-6-9-13-21)22-14-10-7-11-15-22/h6-15,18H,16-17H2,1-5H3,(H,26,29). The lowest BCUT2D eigenvalue weighted by molar-refractivity contribution is -0.121. The zero-order valence-corrected chi connectivity index (χ0v) is 18.1. The summed E-state index contributed by atoms with van der Waals surface area (Å²) in [6.45, 7) is 11.3. The molecule has 1 heterocycles. The maximum Gasteiger partial charge on any atom is 0.225 e. The molecule has 1 N–H and O–H groups in total. The number of nitrogens with zero attached hydrogens (tertiary/aromatic N) is 2. The van der Waals surface area contributed by atoms with Crippen LogP contribution in [0.25, 0.3) is 0 Å². The average molecular weight is 390 g/mol. The van der Waals surface area contributed by atoms with Gasteiger partial charge in [-0.25, -0.2) is 0 Å². The highest BCUT2D eigenvalue weighted by atomic mass is 16.1. The fraction of sp³-hybridized carbons (Fsp3) is 0.360. The molecule has 0 saturated heterocycles. The zero-order chi connectivity index (χ0) is 21.0. The van der Waals surface area contributed by atoms with Crippen LogP contribution in [0, 0.1) is 19.8 Å². The van der Waals surface area contributed by atoms with E-state index in [-0.39, 0.29) is 5.91 Å². The van der Waals surface area contributed by atoms with Crippen molar-refractivity contribution in [2.24, 2.45) is 5.92 Å². The van der Waals surface area contributed by atoms with Crippen LogP contribution in [0.3, 0.4) is 0 Å². The van der Waals surface area contributed by atoms with Crippen molar-refractivity contribution in [3.05, 3.63) is 88.7 Å². The van der Waals surface area contributed by atoms with E-state index < -0.39 is 5.54 Å². The molecule has 3 aromatic rings. The second kappa shape index (κ2) is 8.64. The van der Waals surface area contributed by atoms with E-state index in [1.54, 1.807) is 0 Å². The van der Waals surface area contributed by atoms with Crippen LogP contribution in [0.2, 0.25) is 0 Å². The molecule has 2 aromatic carbocycles. The quantitative estimate of drug-likeness (QED) is 0.632. The van der Waals surface area contributed by atoms with Gasteiger partial charge in [-0.15, -0.1) is 0 Å². The Morgan fingerprint density at radius 1 is 1.00 bits per heavy atom. The average Bonchev–Trinajstić information content (AvgIpc) is 2.96. The molecule has 0 fully saturated rings. The molecule has 0 aliphatic carbocycles. The number of aryl methyl sites for hydroxylation is 1. The molecular weight excluding hydrogens is 358 g/mol. The lowest BCUT2D eigenvalue weighted by Crippen LogP contribution is -2.45. The predicted octanol–water partition coefficient (Wildman–Crippen LogP) is 4.78. The summed E-state index contributed by atoms with van der Waals surface area (Å²) in [7, 11) is 0. The third-order valence-corrected chi connectivity index (χ3v) is 5.50. The number of hydrogen-bond donors (Lipinski definition) is 1. The minimum absolute atomic E-state index is 0.00416. The van der Waals surface area contributed by atoms with Gasteiger partial charge in [0.15, 0.2) is 0 Å². The molecule has 0 saturated carbocycles. The van der Waals surface area contributed by atoms with Gasteiger partial charge >= 0.3 is 0 Å². The van der Waals surface area contributed by atoms with Crippen molar-refractivity contribution in [1.29, 1.82) is 0 Å². The summed E-state index contributed by atoms with van der Waals surface area (Å²) in [5.41, 5.74) is 4.54. The molecule has 4 heteroatoms. The van der Waals surface area contributed by atoms with Gasteiger partial charge in [0, 0.05) is 17.8 Å². The number of amides is 1. The molecule has 0 unspecified atom stereocenters. The first-order valence-electron chi connectivity index (χ1n) is 10.3. The Bertz CT molecular complexity index is 919. The zero-order valence-electron chi connectivity index (χ0n) is 18.1. The van der Waals surface area contributed by atoms with E-state index in [2.05, 4.69) is 62.4 Å². The summed E-state index contributed by atoms with van der Waals surface area (Å²) >= 11 is 0. The van der Waals surface area contributed by atoms with Crippen molar-refractivity contribution in [3.8, 4) is 0 Å². The second-order valence-electron chi connectivity index (χ2n) is 8.31. The summed E-state index contributed by atoms with van der Waals surface area (Å²) < 4.78 is 2.02. The SMILES string of the molecule is Cc1nn(CC(C)C)c(C)c1CC(=O)NC(C)(c1ccccc1)c1ccccc1. The van der Waals surface area contributed by atoms with Crippen LogP contribution >= 0.6 is 0 Å². The number of hydrogen-bond acceptors (Lipinski definition) is 2. The van der Waals surface area contributed by atoms with Crippen LogP contribution < -0.4 is 5.32 Å². The topological polar surface area (TPSA) is 46.9 Å². The van der Waals surface area contributed by atoms with Crippen LogP contribution in [-0.4, -0.2) is 15.7 Å². The fourth-order valence-electron chi connectivity index (χ4n) is 3.85. The number of benzene rings is 2. The summed E-state index contributed by atoms with van der Waals surface area (Å²) in [5.74, 6) is 0.504. The summed E-state index contributed by atoms with van der Waals surface area (Å²) in [5, 5.41) is 7.96. The van der Waals surface area contributed by atoms with Gasteiger partial charge < -0.3 is 5.32 Å². The minimum atomic E-state index is -0.602. The Morgan fingerprint density at radius 2 is 1.52 bits per heavy atom. The van der Waals surface area contributed by atoms with Crippen molar-refractivity contribution >= 4 is 5.91 Å². The third-order valence-electron chi connectivity index (χ3n) is 5.50. The van der Waals surface area contributed by atoms with Crippen LogP contribution in [0.5, 0.6) is 0 Å². The molecular formula is C25H31N3O. The minimum Gasteiger partial charge on any atom is -0.342 e. The van der Waals surface area contributed by atoms with Crippen molar-refractivity contribution < 1.29 is 4.79 Å². The smallest absolute Gasteiger partial charge is 0.225 e. The monoisotopic (exact) mass is 389 g/mol. The van der Waals surface area contributed by atoms with E-state index in [9.17, 15) is 4.79 Å². The normalized spacial score (nSPS) is 11.7. The molecule has 4 nitrogen and oxygen atoms in total. The molecule has 0 aliphatic rings. The van der Waals surface area contributed by atoms with Gasteiger partial charge in [0.2, 0.25) is 5.91 Å². The highest BCUT2D eigenvalue weighted by Gasteiger charge is 2.31. The van der Waals surface area contributed by atoms with Crippen LogP contribution in [0.1, 0.15) is 48.8 Å². The van der Waals surface area contributed by atoms with Crippen molar-refractivity contribution in [3.63, 3.8) is 0 Å². The van der Waals surface area contributed by atoms with Crippen LogP contribution in [0.15, 0.2) is 60.7 Å². The predicted molar refractivity (Wildman–Crippen MR) is 118 cm³/mol. The lowest BCUT2D eigenvalue weighted by atomic mass is 9.84. The Balaban J connectivity index is 1.88. The summed E-state index contributed by atoms with van der Waals surface area (Å²) in [6, 6.07) is 20.3. The number of carbonyl (C=O) groups is 1. The van der Waals surface area contributed by atoms with Crippen LogP contribution in [-0.2, 0) is 23.3 Å². The molecule has 0 bridgehead atoms. The second-order valence-corrected chi connectivity index (χ2v) is 8.31. The Hall–Kier alpha value is -2.88. The van der Waals surface area contributed by atoms with Crippen molar-refractivity contribution in [2.75, 3.05) is 0 Å². The van der Waals surface area contributed by atoms with E-state index in [1.165, 1.54) is 0 Å². The highest BCUT2D eigenvalue weighted by Crippen LogP contribution is 2.29. The van der Waals surface area contributed by atoms with E-state index in [0.717, 1.165) is 34.6 Å². The van der Waals surface area contributed by atoms with E-state index in [1.807, 2.05) is 48.0 Å². The van der Waals surface area contributed by atoms with Gasteiger partial charge in [-0.05, 0) is 37.8 Å². The number of carbonyl (C=O) groups excluding carboxylic acids is 1. The Kier molecular flexibility index (Phi) is 6.21. The van der Waals surface area contributed by atoms with Crippen molar-refractivity contribution in [1.82, 2.24) is 15.1 Å². The number of nitrogens with one attached hydrogen (secondary N) is 1. The number of rotatable bonds is 7. The Labute approximate surface area is 174 Å². The molecule has 152 valence electrons. The third kappa shape index (κ3) is 4.58. The van der Waals surface area contributed by atoms with Crippen LogP contribution in [0.4, 0.5) is 0 Å². The fourth-order valence-corrected chi connectivity index (χ4v) is 3.85. The Morgan fingerprint density at radius 3 is 2.00 bits per heavy atom. The molecule has 29 heavy (non-hydrogen) atoms. The first kappa shape index (κ1) is 20.8. The molecule has 0 atom stereocenters. The molecule has 3 rings (SSSR count). The van der Waals surface area contributed by atoms with Gasteiger partial charge in [-0.3, -0.25) is 9.48 Å². The molecule has 1 aromatic heterocycles. The maximum absolute atomic E-state index is 13.2. The van der Waals surface area contributed by atoms with E-state index >= 15 is 0 Å². The van der Waals surface area contributed by atoms with Gasteiger partial charge in [-0.1, -0.05) is 74.5 Å². The molecule has 0 spiro atoms. The number of aromatic nitrogens is 2. The molecule has 0 aliphatic heterocycles. The van der Waals surface area contributed by atoms with E-state index in [4.69, 9.17) is 0 Å². The largest absolute Gasteiger partial charge is 0.342 e. The van der Waals surface area contributed by atoms with Gasteiger partial charge in [0.1, 0.15) is 0 Å².